The van der Waals surface area contributed by atoms with Gasteiger partial charge < -0.3 is 15.7 Å². The first-order valence-electron chi connectivity index (χ1n) is 11.1. The molecule has 3 N–H and O–H groups in total. The molecular formula is C23H28N2O4S. The number of hydrogen-bond acceptors (Lipinski definition) is 4. The van der Waals surface area contributed by atoms with E-state index in [2.05, 4.69) is 17.6 Å². The normalized spacial score (nSPS) is 31.8. The molecule has 1 aromatic heterocycles. The summed E-state index contributed by atoms with van der Waals surface area (Å²) >= 11 is 1.51. The van der Waals surface area contributed by atoms with E-state index in [9.17, 15) is 19.5 Å². The van der Waals surface area contributed by atoms with Crippen LogP contribution in [0.15, 0.2) is 12.2 Å². The molecule has 0 saturated heterocycles. The van der Waals surface area contributed by atoms with Crippen molar-refractivity contribution in [2.75, 3.05) is 5.32 Å². The van der Waals surface area contributed by atoms with Crippen LogP contribution >= 0.6 is 11.3 Å². The molecule has 6 rings (SSSR count). The van der Waals surface area contributed by atoms with Gasteiger partial charge in [0, 0.05) is 10.9 Å². The zero-order valence-corrected chi connectivity index (χ0v) is 18.0. The van der Waals surface area contributed by atoms with Gasteiger partial charge in [-0.3, -0.25) is 14.4 Å². The zero-order valence-electron chi connectivity index (χ0n) is 17.1. The molecule has 2 saturated carbocycles. The largest absolute Gasteiger partial charge is 0.481 e. The van der Waals surface area contributed by atoms with E-state index in [1.165, 1.54) is 16.2 Å². The number of allylic oxidation sites excluding steroid dienone is 2. The Morgan fingerprint density at radius 1 is 1.03 bits per heavy atom. The maximum atomic E-state index is 13.3. The number of amides is 2. The zero-order chi connectivity index (χ0) is 21.0. The summed E-state index contributed by atoms with van der Waals surface area (Å²) in [4.78, 5) is 39.5. The predicted molar refractivity (Wildman–Crippen MR) is 115 cm³/mol. The molecule has 0 unspecified atom stereocenters. The van der Waals surface area contributed by atoms with E-state index in [4.69, 9.17) is 0 Å². The maximum Gasteiger partial charge on any atom is 0.307 e. The number of carbonyl (C=O) groups is 3. The van der Waals surface area contributed by atoms with Crippen molar-refractivity contribution in [3.05, 3.63) is 28.2 Å². The average Bonchev–Trinajstić information content (AvgIpc) is 3.46. The third-order valence-electron chi connectivity index (χ3n) is 7.22. The second kappa shape index (κ2) is 7.52. The number of carbonyl (C=O) groups excluding carboxylic acids is 2. The lowest BCUT2D eigenvalue weighted by Gasteiger charge is -2.41. The van der Waals surface area contributed by atoms with Gasteiger partial charge >= 0.3 is 5.97 Å². The molecule has 7 heteroatoms. The molecule has 1 heterocycles. The van der Waals surface area contributed by atoms with Crippen LogP contribution in [0, 0.1) is 29.6 Å². The maximum absolute atomic E-state index is 13.3. The topological polar surface area (TPSA) is 95.5 Å². The average molecular weight is 429 g/mol. The van der Waals surface area contributed by atoms with E-state index in [1.54, 1.807) is 0 Å². The van der Waals surface area contributed by atoms with Gasteiger partial charge in [0.05, 0.1) is 17.4 Å². The summed E-state index contributed by atoms with van der Waals surface area (Å²) in [5.41, 5.74) is 1.69. The molecule has 0 aliphatic heterocycles. The van der Waals surface area contributed by atoms with Crippen LogP contribution in [0.25, 0.3) is 0 Å². The number of fused-ring (bicyclic) bond motifs is 3. The highest BCUT2D eigenvalue weighted by Crippen LogP contribution is 2.46. The molecular weight excluding hydrogens is 400 g/mol. The lowest BCUT2D eigenvalue weighted by atomic mass is 9.62. The van der Waals surface area contributed by atoms with Gasteiger partial charge in [0.1, 0.15) is 5.00 Å². The molecule has 2 fully saturated rings. The van der Waals surface area contributed by atoms with Crippen molar-refractivity contribution in [1.82, 2.24) is 5.32 Å². The Labute approximate surface area is 180 Å². The molecule has 2 bridgehead atoms. The van der Waals surface area contributed by atoms with E-state index in [1.807, 2.05) is 12.2 Å². The van der Waals surface area contributed by atoms with Gasteiger partial charge in [-0.1, -0.05) is 19.1 Å². The van der Waals surface area contributed by atoms with Crippen molar-refractivity contribution in [2.24, 2.45) is 29.6 Å². The van der Waals surface area contributed by atoms with Crippen molar-refractivity contribution >= 4 is 34.1 Å². The van der Waals surface area contributed by atoms with E-state index >= 15 is 0 Å². The quantitative estimate of drug-likeness (QED) is 0.624. The van der Waals surface area contributed by atoms with Gasteiger partial charge in [-0.2, -0.15) is 0 Å². The van der Waals surface area contributed by atoms with Gasteiger partial charge in [-0.15, -0.1) is 11.3 Å². The minimum Gasteiger partial charge on any atom is -0.481 e. The van der Waals surface area contributed by atoms with Crippen LogP contribution in [-0.2, 0) is 22.4 Å². The van der Waals surface area contributed by atoms with Gasteiger partial charge in [-0.25, -0.2) is 0 Å². The second-order valence-electron chi connectivity index (χ2n) is 9.47. The van der Waals surface area contributed by atoms with Crippen LogP contribution < -0.4 is 10.6 Å². The Morgan fingerprint density at radius 3 is 2.37 bits per heavy atom. The highest BCUT2D eigenvalue weighted by atomic mass is 32.1. The summed E-state index contributed by atoms with van der Waals surface area (Å²) in [6.07, 6.45) is 10.5. The lowest BCUT2D eigenvalue weighted by Crippen LogP contribution is -2.47. The van der Waals surface area contributed by atoms with Crippen molar-refractivity contribution < 1.29 is 19.5 Å². The third kappa shape index (κ3) is 3.47. The fourth-order valence-electron chi connectivity index (χ4n) is 5.45. The highest BCUT2D eigenvalue weighted by molar-refractivity contribution is 7.17. The molecule has 30 heavy (non-hydrogen) atoms. The molecule has 5 aliphatic rings. The molecule has 1 aromatic rings. The van der Waals surface area contributed by atoms with Crippen LogP contribution in [0.1, 0.15) is 59.8 Å². The summed E-state index contributed by atoms with van der Waals surface area (Å²) in [5, 5.41) is 16.5. The van der Waals surface area contributed by atoms with Crippen LogP contribution in [0.5, 0.6) is 0 Å². The number of hydrogen-bond donors (Lipinski definition) is 3. The molecule has 0 aromatic carbocycles. The number of aliphatic carboxylic acids is 1. The number of thiophene rings is 1. The van der Waals surface area contributed by atoms with Gasteiger partial charge in [0.2, 0.25) is 5.91 Å². The molecule has 6 nitrogen and oxygen atoms in total. The van der Waals surface area contributed by atoms with Crippen molar-refractivity contribution in [3.8, 4) is 0 Å². The van der Waals surface area contributed by atoms with Crippen LogP contribution in [0.3, 0.4) is 0 Å². The van der Waals surface area contributed by atoms with Crippen LogP contribution in [0.4, 0.5) is 5.00 Å². The first kappa shape index (κ1) is 19.8. The summed E-state index contributed by atoms with van der Waals surface area (Å²) in [6.45, 7) is 2.22. The van der Waals surface area contributed by atoms with Crippen LogP contribution in [-0.4, -0.2) is 28.9 Å². The minimum atomic E-state index is -0.903. The molecule has 160 valence electrons. The Bertz CT molecular complexity index is 932. The first-order chi connectivity index (χ1) is 14.4. The lowest BCUT2D eigenvalue weighted by molar-refractivity contribution is -0.151. The number of nitrogens with one attached hydrogen (secondary N) is 2. The summed E-state index contributed by atoms with van der Waals surface area (Å²) < 4.78 is 0. The standard InChI is InChI=1S/C23H28N2O4S/c1-11-2-9-15-16(10-11)30-22(19(15)21(27)24-14-7-8-14)25-20(26)17-12-3-5-13(6-4-12)18(17)23(28)29/h3,5,11-14,17-18H,2,4,6-10H2,1H3,(H,24,27)(H,25,26)(H,28,29)/t11-,12+,13-,17+,18-/m0/s1. The Kier molecular flexibility index (Phi) is 4.96. The first-order valence-corrected chi connectivity index (χ1v) is 11.9. The highest BCUT2D eigenvalue weighted by Gasteiger charge is 2.48. The van der Waals surface area contributed by atoms with Crippen molar-refractivity contribution in [1.29, 1.82) is 0 Å². The SMILES string of the molecule is C[C@H]1CCc2c(sc(NC(=O)[C@H]3[C@@H](C(=O)O)[C@H]4C=C[C@@H]3CC4)c2C(=O)NC2CC2)C1. The van der Waals surface area contributed by atoms with E-state index < -0.39 is 17.8 Å². The van der Waals surface area contributed by atoms with Crippen molar-refractivity contribution in [3.63, 3.8) is 0 Å². The monoisotopic (exact) mass is 428 g/mol. The molecule has 0 spiro atoms. The van der Waals surface area contributed by atoms with Crippen LogP contribution in [0.2, 0.25) is 0 Å². The third-order valence-corrected chi connectivity index (χ3v) is 8.39. The summed E-state index contributed by atoms with van der Waals surface area (Å²) in [7, 11) is 0. The number of carboxylic acids is 1. The van der Waals surface area contributed by atoms with E-state index in [-0.39, 0.29) is 29.7 Å². The summed E-state index contributed by atoms with van der Waals surface area (Å²) in [6, 6.07) is 0.245. The van der Waals surface area contributed by atoms with Gasteiger partial charge in [0.15, 0.2) is 0 Å². The number of anilines is 1. The van der Waals surface area contributed by atoms with E-state index in [0.717, 1.165) is 50.5 Å². The Hall–Kier alpha value is -2.15. The van der Waals surface area contributed by atoms with Crippen molar-refractivity contribution in [2.45, 2.75) is 57.9 Å². The van der Waals surface area contributed by atoms with Gasteiger partial charge in [-0.05, 0) is 68.3 Å². The minimum absolute atomic E-state index is 0.0468. The summed E-state index contributed by atoms with van der Waals surface area (Å²) in [5.74, 6) is -2.09. The molecule has 5 aliphatic carbocycles. The second-order valence-corrected chi connectivity index (χ2v) is 10.6. The number of rotatable bonds is 5. The smallest absolute Gasteiger partial charge is 0.307 e. The molecule has 5 atom stereocenters. The van der Waals surface area contributed by atoms with E-state index in [0.29, 0.717) is 16.5 Å². The van der Waals surface area contributed by atoms with Gasteiger partial charge in [0.25, 0.3) is 5.91 Å². The Morgan fingerprint density at radius 2 is 1.73 bits per heavy atom. The fourth-order valence-corrected chi connectivity index (χ4v) is 6.86. The predicted octanol–water partition coefficient (Wildman–Crippen LogP) is 3.62. The fraction of sp³-hybridized carbons (Fsp3) is 0.609. The number of carboxylic acid groups (broad SMARTS) is 1. The Balaban J connectivity index is 1.45. The molecule has 2 amide bonds. The molecule has 0 radical (unpaired) electrons.